The molecule has 4 saturated carbocycles. The van der Waals surface area contributed by atoms with Crippen molar-refractivity contribution >= 4 is 32.9 Å². The Balaban J connectivity index is 1.46. The summed E-state index contributed by atoms with van der Waals surface area (Å²) in [5, 5.41) is 13.6. The van der Waals surface area contributed by atoms with E-state index in [1.54, 1.807) is 22.7 Å². The molecule has 2 heterocycles. The first-order chi connectivity index (χ1) is 11.3. The fourth-order valence-corrected chi connectivity index (χ4v) is 6.83. The van der Waals surface area contributed by atoms with Gasteiger partial charge in [0, 0.05) is 28.6 Å². The molecule has 0 atom stereocenters. The lowest BCUT2D eigenvalue weighted by atomic mass is 9.48. The van der Waals surface area contributed by atoms with Crippen LogP contribution in [0.15, 0.2) is 23.2 Å². The topological polar surface area (TPSA) is 49.8 Å². The molecule has 4 aliphatic carbocycles. The molecule has 0 saturated heterocycles. The summed E-state index contributed by atoms with van der Waals surface area (Å²) in [6, 6.07) is 0. The van der Waals surface area contributed by atoms with Crippen LogP contribution in [-0.2, 0) is 0 Å². The first kappa shape index (κ1) is 14.2. The minimum atomic E-state index is 0.244. The highest BCUT2D eigenvalue weighted by molar-refractivity contribution is 7.14. The van der Waals surface area contributed by atoms with Crippen LogP contribution in [0.2, 0.25) is 0 Å². The van der Waals surface area contributed by atoms with Crippen LogP contribution in [-0.4, -0.2) is 16.1 Å². The van der Waals surface area contributed by atoms with E-state index in [4.69, 9.17) is 0 Å². The third kappa shape index (κ3) is 2.56. The maximum Gasteiger partial charge on any atom is 0.184 e. The van der Waals surface area contributed by atoms with Crippen LogP contribution in [0, 0.1) is 23.2 Å². The molecule has 2 aromatic heterocycles. The van der Waals surface area contributed by atoms with Crippen molar-refractivity contribution < 1.29 is 0 Å². The van der Waals surface area contributed by atoms with E-state index < -0.39 is 0 Å². The number of hydrogen-bond acceptors (Lipinski definition) is 6. The van der Waals surface area contributed by atoms with Crippen molar-refractivity contribution in [2.24, 2.45) is 23.2 Å². The summed E-state index contributed by atoms with van der Waals surface area (Å²) >= 11 is 3.38. The van der Waals surface area contributed by atoms with Gasteiger partial charge < -0.3 is 10.6 Å². The second-order valence-electron chi connectivity index (χ2n) is 7.68. The highest BCUT2D eigenvalue weighted by Gasteiger charge is 2.54. The van der Waals surface area contributed by atoms with Gasteiger partial charge in [0.25, 0.3) is 0 Å². The van der Waals surface area contributed by atoms with Crippen molar-refractivity contribution in [3.05, 3.63) is 23.2 Å². The Hall–Kier alpha value is -1.14. The molecule has 6 heteroatoms. The Morgan fingerprint density at radius 3 is 1.74 bits per heavy atom. The zero-order valence-corrected chi connectivity index (χ0v) is 14.7. The van der Waals surface area contributed by atoms with E-state index in [1.807, 2.05) is 23.2 Å². The lowest BCUT2D eigenvalue weighted by molar-refractivity contribution is -0.0587. The lowest BCUT2D eigenvalue weighted by Gasteiger charge is -2.59. The summed E-state index contributed by atoms with van der Waals surface area (Å²) in [6.45, 7) is 0. The molecule has 0 radical (unpaired) electrons. The van der Waals surface area contributed by atoms with Crippen LogP contribution >= 0.6 is 22.7 Å². The number of anilines is 2. The van der Waals surface area contributed by atoms with Crippen LogP contribution in [0.25, 0.3) is 0 Å². The van der Waals surface area contributed by atoms with Crippen molar-refractivity contribution in [1.29, 1.82) is 0 Å². The standard InChI is InChI=1S/C17H22N4S2/c1-3-22-15(18-1)20-14(21-16-19-2-4-23-16)17-8-11-5-12(9-17)7-13(6-11)10-17/h1-4,11-14H,5-10H2,(H,18,20)(H,19,21). The van der Waals surface area contributed by atoms with Gasteiger partial charge in [0.05, 0.1) is 0 Å². The third-order valence-corrected chi connectivity index (χ3v) is 7.51. The fourth-order valence-electron chi connectivity index (χ4n) is 5.71. The van der Waals surface area contributed by atoms with Gasteiger partial charge in [-0.05, 0) is 56.3 Å². The maximum absolute atomic E-state index is 4.46. The van der Waals surface area contributed by atoms with Crippen molar-refractivity contribution in [3.63, 3.8) is 0 Å². The van der Waals surface area contributed by atoms with Crippen LogP contribution in [0.1, 0.15) is 38.5 Å². The second-order valence-corrected chi connectivity index (χ2v) is 9.47. The van der Waals surface area contributed by atoms with Gasteiger partial charge in [0.2, 0.25) is 0 Å². The molecule has 122 valence electrons. The Kier molecular flexibility index (Phi) is 3.37. The zero-order chi connectivity index (χ0) is 15.3. The van der Waals surface area contributed by atoms with Gasteiger partial charge in [-0.25, -0.2) is 9.97 Å². The first-order valence-electron chi connectivity index (χ1n) is 8.61. The van der Waals surface area contributed by atoms with Crippen LogP contribution in [0.3, 0.4) is 0 Å². The fraction of sp³-hybridized carbons (Fsp3) is 0.647. The van der Waals surface area contributed by atoms with Gasteiger partial charge in [-0.2, -0.15) is 0 Å². The average molecular weight is 347 g/mol. The van der Waals surface area contributed by atoms with Crippen molar-refractivity contribution in [2.45, 2.75) is 44.7 Å². The van der Waals surface area contributed by atoms with Gasteiger partial charge in [0.15, 0.2) is 10.3 Å². The molecule has 2 aromatic rings. The minimum absolute atomic E-state index is 0.244. The van der Waals surface area contributed by atoms with Gasteiger partial charge in [-0.3, -0.25) is 0 Å². The molecule has 0 aliphatic heterocycles. The molecule has 4 aliphatic rings. The van der Waals surface area contributed by atoms with E-state index in [2.05, 4.69) is 20.6 Å². The predicted octanol–water partition coefficient (Wildman–Crippen LogP) is 4.67. The molecular formula is C17H22N4S2. The van der Waals surface area contributed by atoms with Crippen molar-refractivity contribution in [2.75, 3.05) is 10.6 Å². The van der Waals surface area contributed by atoms with Gasteiger partial charge in [-0.1, -0.05) is 0 Å². The monoisotopic (exact) mass is 346 g/mol. The van der Waals surface area contributed by atoms with E-state index in [-0.39, 0.29) is 6.17 Å². The highest BCUT2D eigenvalue weighted by Crippen LogP contribution is 2.61. The molecule has 0 spiro atoms. The molecule has 4 nitrogen and oxygen atoms in total. The first-order valence-corrected chi connectivity index (χ1v) is 10.4. The molecule has 4 bridgehead atoms. The van der Waals surface area contributed by atoms with E-state index >= 15 is 0 Å². The van der Waals surface area contributed by atoms with Crippen LogP contribution in [0.4, 0.5) is 10.3 Å². The molecule has 0 aromatic carbocycles. The lowest BCUT2D eigenvalue weighted by Crippen LogP contribution is -2.56. The third-order valence-electron chi connectivity index (χ3n) is 6.10. The summed E-state index contributed by atoms with van der Waals surface area (Å²) in [5.41, 5.74) is 0.367. The number of rotatable bonds is 5. The average Bonchev–Trinajstić information content (AvgIpc) is 3.18. The summed E-state index contributed by atoms with van der Waals surface area (Å²) in [7, 11) is 0. The number of nitrogens with one attached hydrogen (secondary N) is 2. The van der Waals surface area contributed by atoms with E-state index in [9.17, 15) is 0 Å². The molecule has 23 heavy (non-hydrogen) atoms. The zero-order valence-electron chi connectivity index (χ0n) is 13.1. The van der Waals surface area contributed by atoms with Crippen LogP contribution < -0.4 is 10.6 Å². The highest BCUT2D eigenvalue weighted by atomic mass is 32.1. The van der Waals surface area contributed by atoms with Gasteiger partial charge in [-0.15, -0.1) is 22.7 Å². The molecule has 0 unspecified atom stereocenters. The number of thiazole rings is 2. The molecule has 6 rings (SSSR count). The summed E-state index contributed by atoms with van der Waals surface area (Å²) < 4.78 is 0. The Labute approximate surface area is 144 Å². The number of aromatic nitrogens is 2. The Morgan fingerprint density at radius 1 is 0.870 bits per heavy atom. The normalized spacial score (nSPS) is 34.9. The van der Waals surface area contributed by atoms with E-state index in [0.717, 1.165) is 28.0 Å². The van der Waals surface area contributed by atoms with Crippen molar-refractivity contribution in [1.82, 2.24) is 9.97 Å². The molecule has 4 fully saturated rings. The molecular weight excluding hydrogens is 324 g/mol. The summed E-state index contributed by atoms with van der Waals surface area (Å²) in [4.78, 5) is 8.93. The summed E-state index contributed by atoms with van der Waals surface area (Å²) in [6.07, 6.45) is 12.5. The smallest absolute Gasteiger partial charge is 0.184 e. The van der Waals surface area contributed by atoms with Gasteiger partial charge >= 0.3 is 0 Å². The molecule has 0 amide bonds. The predicted molar refractivity (Wildman–Crippen MR) is 95.9 cm³/mol. The number of nitrogens with zero attached hydrogens (tertiary/aromatic N) is 2. The Bertz CT molecular complexity index is 581. The second kappa shape index (κ2) is 5.45. The quantitative estimate of drug-likeness (QED) is 0.773. The summed E-state index contributed by atoms with van der Waals surface area (Å²) in [5.74, 6) is 2.83. The van der Waals surface area contributed by atoms with Gasteiger partial charge in [0.1, 0.15) is 6.17 Å². The SMILES string of the molecule is c1csc(NC(Nc2nccs2)C23CC4CC(CC(C4)C2)C3)n1. The molecule has 2 N–H and O–H groups in total. The van der Waals surface area contributed by atoms with E-state index in [1.165, 1.54) is 38.5 Å². The van der Waals surface area contributed by atoms with Crippen molar-refractivity contribution in [3.8, 4) is 0 Å². The minimum Gasteiger partial charge on any atom is -0.341 e. The maximum atomic E-state index is 4.46. The van der Waals surface area contributed by atoms with Crippen LogP contribution in [0.5, 0.6) is 0 Å². The largest absolute Gasteiger partial charge is 0.341 e. The Morgan fingerprint density at radius 2 is 1.35 bits per heavy atom. The number of hydrogen-bond donors (Lipinski definition) is 2. The van der Waals surface area contributed by atoms with E-state index in [0.29, 0.717) is 5.41 Å².